The average Bonchev–Trinajstić information content (AvgIpc) is 2.78. The van der Waals surface area contributed by atoms with Crippen LogP contribution in [-0.4, -0.2) is 41.2 Å². The van der Waals surface area contributed by atoms with Gasteiger partial charge in [0.1, 0.15) is 5.75 Å². The Hall–Kier alpha value is -1.66. The Morgan fingerprint density at radius 1 is 1.55 bits per heavy atom. The zero-order valence-electron chi connectivity index (χ0n) is 11.8. The number of nitro benzene ring substituents is 1. The van der Waals surface area contributed by atoms with Crippen molar-refractivity contribution in [2.75, 3.05) is 20.3 Å². The number of likely N-dealkylation sites (tertiary alicyclic amines) is 1. The van der Waals surface area contributed by atoms with Crippen LogP contribution >= 0.6 is 0 Å². The van der Waals surface area contributed by atoms with E-state index in [0.29, 0.717) is 18.2 Å². The first-order valence-corrected chi connectivity index (χ1v) is 6.73. The molecule has 1 aromatic rings. The molecule has 0 aliphatic carbocycles. The van der Waals surface area contributed by atoms with E-state index in [9.17, 15) is 15.2 Å². The van der Waals surface area contributed by atoms with E-state index < -0.39 is 4.92 Å². The van der Waals surface area contributed by atoms with Crippen molar-refractivity contribution < 1.29 is 14.8 Å². The van der Waals surface area contributed by atoms with E-state index in [-0.39, 0.29) is 18.3 Å². The number of hydrogen-bond donors (Lipinski definition) is 1. The van der Waals surface area contributed by atoms with Gasteiger partial charge in [-0.1, -0.05) is 6.92 Å². The summed E-state index contributed by atoms with van der Waals surface area (Å²) in [6, 6.07) is 4.73. The van der Waals surface area contributed by atoms with Crippen molar-refractivity contribution in [1.82, 2.24) is 4.90 Å². The summed E-state index contributed by atoms with van der Waals surface area (Å²) in [4.78, 5) is 12.6. The van der Waals surface area contributed by atoms with Gasteiger partial charge >= 0.3 is 0 Å². The van der Waals surface area contributed by atoms with Gasteiger partial charge in [0.05, 0.1) is 18.6 Å². The number of ether oxygens (including phenoxy) is 1. The highest BCUT2D eigenvalue weighted by Gasteiger charge is 2.31. The topological polar surface area (TPSA) is 75.8 Å². The molecule has 1 aromatic carbocycles. The van der Waals surface area contributed by atoms with Crippen LogP contribution in [-0.2, 0) is 6.54 Å². The van der Waals surface area contributed by atoms with Crippen molar-refractivity contribution in [3.8, 4) is 5.75 Å². The van der Waals surface area contributed by atoms with Crippen LogP contribution in [0.15, 0.2) is 18.2 Å². The number of non-ortho nitro benzene ring substituents is 1. The molecule has 0 saturated carbocycles. The van der Waals surface area contributed by atoms with E-state index >= 15 is 0 Å². The summed E-state index contributed by atoms with van der Waals surface area (Å²) in [6.45, 7) is 3.67. The van der Waals surface area contributed by atoms with Crippen LogP contribution in [0, 0.1) is 16.0 Å². The Kier molecular flexibility index (Phi) is 4.57. The number of aliphatic hydroxyl groups excluding tert-OH is 1. The first kappa shape index (κ1) is 14.7. The van der Waals surface area contributed by atoms with Gasteiger partial charge in [-0.2, -0.15) is 0 Å². The number of nitrogens with zero attached hydrogens (tertiary/aromatic N) is 2. The number of hydrogen-bond acceptors (Lipinski definition) is 5. The lowest BCUT2D eigenvalue weighted by molar-refractivity contribution is -0.385. The Bertz CT molecular complexity index is 492. The molecule has 110 valence electrons. The third-order valence-corrected chi connectivity index (χ3v) is 4.03. The SMILES string of the molecule is COc1ccc([N+](=O)[O-])cc1CN1CCC(C)C1CO. The van der Waals surface area contributed by atoms with Crippen LogP contribution in [0.5, 0.6) is 5.75 Å². The minimum absolute atomic E-state index is 0.0635. The molecule has 1 aliphatic rings. The highest BCUT2D eigenvalue weighted by atomic mass is 16.6. The van der Waals surface area contributed by atoms with E-state index in [1.54, 1.807) is 19.2 Å². The highest BCUT2D eigenvalue weighted by molar-refractivity contribution is 5.43. The first-order chi connectivity index (χ1) is 9.56. The minimum atomic E-state index is -0.404. The fraction of sp³-hybridized carbons (Fsp3) is 0.571. The normalized spacial score (nSPS) is 22.9. The van der Waals surface area contributed by atoms with Crippen LogP contribution in [0.4, 0.5) is 5.69 Å². The molecule has 1 N–H and O–H groups in total. The van der Waals surface area contributed by atoms with Gasteiger partial charge in [0.15, 0.2) is 0 Å². The molecule has 0 aromatic heterocycles. The highest BCUT2D eigenvalue weighted by Crippen LogP contribution is 2.30. The zero-order valence-corrected chi connectivity index (χ0v) is 11.8. The molecule has 0 bridgehead atoms. The second kappa shape index (κ2) is 6.19. The van der Waals surface area contributed by atoms with Crippen molar-refractivity contribution in [3.63, 3.8) is 0 Å². The molecule has 0 radical (unpaired) electrons. The van der Waals surface area contributed by atoms with Gasteiger partial charge in [-0.25, -0.2) is 0 Å². The molecule has 2 atom stereocenters. The summed E-state index contributed by atoms with van der Waals surface area (Å²) in [5, 5.41) is 20.3. The van der Waals surface area contributed by atoms with E-state index in [1.807, 2.05) is 0 Å². The van der Waals surface area contributed by atoms with Crippen molar-refractivity contribution in [3.05, 3.63) is 33.9 Å². The maximum atomic E-state index is 10.9. The average molecular weight is 280 g/mol. The van der Waals surface area contributed by atoms with Gasteiger partial charge in [-0.3, -0.25) is 15.0 Å². The van der Waals surface area contributed by atoms with E-state index in [4.69, 9.17) is 4.74 Å². The van der Waals surface area contributed by atoms with Gasteiger partial charge in [-0.05, 0) is 24.9 Å². The summed E-state index contributed by atoms with van der Waals surface area (Å²) in [6.07, 6.45) is 1.03. The minimum Gasteiger partial charge on any atom is -0.496 e. The quantitative estimate of drug-likeness (QED) is 0.657. The Morgan fingerprint density at radius 3 is 2.90 bits per heavy atom. The lowest BCUT2D eigenvalue weighted by Gasteiger charge is -2.25. The van der Waals surface area contributed by atoms with Gasteiger partial charge in [0, 0.05) is 30.3 Å². The van der Waals surface area contributed by atoms with Crippen LogP contribution in [0.3, 0.4) is 0 Å². The summed E-state index contributed by atoms with van der Waals surface area (Å²) < 4.78 is 5.27. The number of benzene rings is 1. The molecule has 1 aliphatic heterocycles. The van der Waals surface area contributed by atoms with E-state index in [1.165, 1.54) is 6.07 Å². The van der Waals surface area contributed by atoms with Crippen LogP contribution < -0.4 is 4.74 Å². The predicted octanol–water partition coefficient (Wildman–Crippen LogP) is 1.81. The second-order valence-corrected chi connectivity index (χ2v) is 5.24. The maximum absolute atomic E-state index is 10.9. The van der Waals surface area contributed by atoms with Crippen LogP contribution in [0.2, 0.25) is 0 Å². The van der Waals surface area contributed by atoms with Crippen molar-refractivity contribution in [1.29, 1.82) is 0 Å². The first-order valence-electron chi connectivity index (χ1n) is 6.73. The number of methoxy groups -OCH3 is 1. The van der Waals surface area contributed by atoms with Crippen molar-refractivity contribution >= 4 is 5.69 Å². The number of nitro groups is 1. The van der Waals surface area contributed by atoms with Gasteiger partial charge in [0.2, 0.25) is 0 Å². The molecule has 1 heterocycles. The van der Waals surface area contributed by atoms with Gasteiger partial charge in [0.25, 0.3) is 5.69 Å². The largest absolute Gasteiger partial charge is 0.496 e. The van der Waals surface area contributed by atoms with Gasteiger partial charge in [-0.15, -0.1) is 0 Å². The van der Waals surface area contributed by atoms with E-state index in [2.05, 4.69) is 11.8 Å². The summed E-state index contributed by atoms with van der Waals surface area (Å²) >= 11 is 0. The summed E-state index contributed by atoms with van der Waals surface area (Å²) in [5.41, 5.74) is 0.850. The molecule has 2 unspecified atom stereocenters. The molecule has 0 amide bonds. The molecule has 1 fully saturated rings. The summed E-state index contributed by atoms with van der Waals surface area (Å²) in [7, 11) is 1.56. The Morgan fingerprint density at radius 2 is 2.30 bits per heavy atom. The number of rotatable bonds is 5. The monoisotopic (exact) mass is 280 g/mol. The van der Waals surface area contributed by atoms with E-state index in [0.717, 1.165) is 18.5 Å². The number of aliphatic hydroxyl groups is 1. The molecule has 2 rings (SSSR count). The zero-order chi connectivity index (χ0) is 14.7. The molecular formula is C14H20N2O4. The third-order valence-electron chi connectivity index (χ3n) is 4.03. The molecule has 6 nitrogen and oxygen atoms in total. The molecule has 20 heavy (non-hydrogen) atoms. The molecule has 0 spiro atoms. The molecule has 6 heteroatoms. The predicted molar refractivity (Wildman–Crippen MR) is 74.7 cm³/mol. The van der Waals surface area contributed by atoms with Crippen molar-refractivity contribution in [2.24, 2.45) is 5.92 Å². The molecule has 1 saturated heterocycles. The lowest BCUT2D eigenvalue weighted by Crippen LogP contribution is -2.34. The second-order valence-electron chi connectivity index (χ2n) is 5.24. The standard InChI is InChI=1S/C14H20N2O4/c1-10-5-6-15(13(10)9-17)8-11-7-12(16(18)19)3-4-14(11)20-2/h3-4,7,10,13,17H,5-6,8-9H2,1-2H3. The maximum Gasteiger partial charge on any atom is 0.270 e. The lowest BCUT2D eigenvalue weighted by atomic mass is 10.0. The van der Waals surface area contributed by atoms with Crippen molar-refractivity contribution in [2.45, 2.75) is 25.9 Å². The van der Waals surface area contributed by atoms with Crippen LogP contribution in [0.1, 0.15) is 18.9 Å². The fourth-order valence-corrected chi connectivity index (χ4v) is 2.80. The Labute approximate surface area is 118 Å². The Balaban J connectivity index is 2.23. The smallest absolute Gasteiger partial charge is 0.270 e. The fourth-order valence-electron chi connectivity index (χ4n) is 2.80. The van der Waals surface area contributed by atoms with Gasteiger partial charge < -0.3 is 9.84 Å². The van der Waals surface area contributed by atoms with Crippen LogP contribution in [0.25, 0.3) is 0 Å². The third kappa shape index (κ3) is 2.91. The molecular weight excluding hydrogens is 260 g/mol. The summed E-state index contributed by atoms with van der Waals surface area (Å²) in [5.74, 6) is 1.08.